The maximum Gasteiger partial charge on any atom is 0.274 e. The van der Waals surface area contributed by atoms with Gasteiger partial charge in [0.15, 0.2) is 0 Å². The van der Waals surface area contributed by atoms with Crippen LogP contribution in [0, 0.1) is 5.41 Å². The molecule has 2 aromatic heterocycles. The molecule has 1 amide bonds. The van der Waals surface area contributed by atoms with Crippen molar-refractivity contribution in [2.24, 2.45) is 16.1 Å². The van der Waals surface area contributed by atoms with Gasteiger partial charge in [-0.1, -0.05) is 31.2 Å². The number of aliphatic hydroxyl groups is 1. The number of hydrogen-bond acceptors (Lipinski definition) is 5. The number of benzene rings is 1. The van der Waals surface area contributed by atoms with Crippen molar-refractivity contribution in [3.63, 3.8) is 0 Å². The van der Waals surface area contributed by atoms with Gasteiger partial charge in [0.1, 0.15) is 11.3 Å². The normalized spacial score (nSPS) is 20.0. The number of likely N-dealkylation sites (tertiary alicyclic amines) is 1. The van der Waals surface area contributed by atoms with Crippen molar-refractivity contribution < 1.29 is 9.90 Å². The number of fused-ring (bicyclic) bond motifs is 2. The molecule has 1 aliphatic heterocycles. The minimum atomic E-state index is -0.559. The lowest BCUT2D eigenvalue weighted by Gasteiger charge is -2.43. The van der Waals surface area contributed by atoms with Gasteiger partial charge in [-0.05, 0) is 55.4 Å². The number of nitrogens with zero attached hydrogens (tertiary/aromatic N) is 4. The van der Waals surface area contributed by atoms with E-state index in [1.165, 1.54) is 11.1 Å². The predicted octanol–water partition coefficient (Wildman–Crippen LogP) is 3.28. The number of allylic oxidation sites excluding steroid dienone is 1. The summed E-state index contributed by atoms with van der Waals surface area (Å²) < 4.78 is 1.91. The van der Waals surface area contributed by atoms with Crippen LogP contribution in [0.3, 0.4) is 0 Å². The van der Waals surface area contributed by atoms with Gasteiger partial charge in [-0.15, -0.1) is 0 Å². The second-order valence-electron chi connectivity index (χ2n) is 9.86. The second-order valence-corrected chi connectivity index (χ2v) is 9.86. The fourth-order valence-corrected chi connectivity index (χ4v) is 5.73. The van der Waals surface area contributed by atoms with Gasteiger partial charge < -0.3 is 20.1 Å². The Hall–Kier alpha value is -3.45. The summed E-state index contributed by atoms with van der Waals surface area (Å²) in [6.45, 7) is 4.95. The number of nitrogens with two attached hydrogens (primary N) is 1. The molecule has 3 heterocycles. The van der Waals surface area contributed by atoms with Gasteiger partial charge >= 0.3 is 0 Å². The van der Waals surface area contributed by atoms with Gasteiger partial charge in [-0.25, -0.2) is 4.98 Å². The number of aromatic nitrogens is 2. The molecule has 5 rings (SSSR count). The van der Waals surface area contributed by atoms with E-state index in [0.29, 0.717) is 18.8 Å². The van der Waals surface area contributed by atoms with Gasteiger partial charge in [0.2, 0.25) is 0 Å². The first-order chi connectivity index (χ1) is 16.9. The van der Waals surface area contributed by atoms with Crippen LogP contribution in [0.5, 0.6) is 0 Å². The molecule has 1 aromatic carbocycles. The number of aryl methyl sites for hydroxylation is 1. The third-order valence-corrected chi connectivity index (χ3v) is 7.90. The van der Waals surface area contributed by atoms with Crippen molar-refractivity contribution in [3.05, 3.63) is 76.9 Å². The molecule has 0 saturated carbocycles. The average Bonchev–Trinajstić information content (AvgIpc) is 3.47. The number of β-amino-alcohol motifs (C(OH)–C–C–N with tert-alkyl or cyclic N) is 1. The molecule has 1 saturated heterocycles. The minimum absolute atomic E-state index is 0.136. The number of aliphatic hydroxyl groups excluding tert-OH is 1. The summed E-state index contributed by atoms with van der Waals surface area (Å²) in [7, 11) is 1.74. The molecular weight excluding hydrogens is 438 g/mol. The first-order valence-electron chi connectivity index (χ1n) is 12.3. The Morgan fingerprint density at radius 2 is 2.00 bits per heavy atom. The molecule has 7 heteroatoms. The van der Waals surface area contributed by atoms with Gasteiger partial charge in [-0.3, -0.25) is 9.79 Å². The Balaban J connectivity index is 1.40. The number of hydrogen-bond donors (Lipinski definition) is 2. The lowest BCUT2D eigenvalue weighted by atomic mass is 9.73. The summed E-state index contributed by atoms with van der Waals surface area (Å²) in [6.07, 6.45) is 8.05. The van der Waals surface area contributed by atoms with E-state index in [4.69, 9.17) is 10.7 Å². The summed E-state index contributed by atoms with van der Waals surface area (Å²) in [4.78, 5) is 24.2. The smallest absolute Gasteiger partial charge is 0.274 e. The van der Waals surface area contributed by atoms with Crippen LogP contribution in [-0.4, -0.2) is 57.3 Å². The molecule has 1 unspecified atom stereocenters. The quantitative estimate of drug-likeness (QED) is 0.571. The molecule has 3 aromatic rings. The summed E-state index contributed by atoms with van der Waals surface area (Å²) in [5.74, 6) is -0.136. The number of amides is 1. The first kappa shape index (κ1) is 23.3. The van der Waals surface area contributed by atoms with Crippen molar-refractivity contribution >= 4 is 22.8 Å². The number of carbonyl (C=O) groups excluding carboxylic acids is 1. The van der Waals surface area contributed by atoms with Crippen molar-refractivity contribution in [2.75, 3.05) is 20.1 Å². The zero-order valence-electron chi connectivity index (χ0n) is 20.7. The zero-order valence-corrected chi connectivity index (χ0v) is 20.7. The van der Waals surface area contributed by atoms with Crippen molar-refractivity contribution in [1.29, 1.82) is 0 Å². The van der Waals surface area contributed by atoms with E-state index in [0.717, 1.165) is 53.7 Å². The van der Waals surface area contributed by atoms with E-state index in [1.807, 2.05) is 17.5 Å². The number of carbonyl (C=O) groups is 1. The van der Waals surface area contributed by atoms with Crippen molar-refractivity contribution in [2.45, 2.75) is 45.6 Å². The molecule has 0 radical (unpaired) electrons. The molecule has 1 spiro atoms. The van der Waals surface area contributed by atoms with E-state index in [1.54, 1.807) is 24.3 Å². The Morgan fingerprint density at radius 3 is 2.60 bits per heavy atom. The lowest BCUT2D eigenvalue weighted by molar-refractivity contribution is -0.0334. The van der Waals surface area contributed by atoms with Crippen LogP contribution in [0.1, 0.15) is 53.0 Å². The van der Waals surface area contributed by atoms with Crippen LogP contribution in [0.4, 0.5) is 0 Å². The number of imidazole rings is 1. The van der Waals surface area contributed by atoms with Crippen molar-refractivity contribution in [1.82, 2.24) is 14.3 Å². The van der Waals surface area contributed by atoms with Crippen LogP contribution in [0.25, 0.3) is 11.2 Å². The van der Waals surface area contributed by atoms with E-state index >= 15 is 0 Å². The fourth-order valence-electron chi connectivity index (χ4n) is 5.73. The van der Waals surface area contributed by atoms with Crippen LogP contribution < -0.4 is 5.73 Å². The van der Waals surface area contributed by atoms with E-state index in [2.05, 4.69) is 42.2 Å². The standard InChI is InChI=1S/C28H33N5O2/c1-4-19-11-22(23(14-29)18(2)30-3)15-33-16-24(31-26(19)33)27(35)32-10-9-28(25(34)17-32)12-20-7-5-6-8-21(20)13-28/h5-8,11,14-16,25,34H,4,9-10,12-13,17,29H2,1-3H3/b23-14+,30-18?. The minimum Gasteiger partial charge on any atom is -0.404 e. The molecule has 3 N–H and O–H groups in total. The maximum atomic E-state index is 13.5. The largest absolute Gasteiger partial charge is 0.404 e. The average molecular weight is 472 g/mol. The van der Waals surface area contributed by atoms with Gasteiger partial charge in [0.25, 0.3) is 5.91 Å². The molecule has 1 aliphatic carbocycles. The number of rotatable bonds is 4. The highest BCUT2D eigenvalue weighted by Gasteiger charge is 2.47. The molecule has 7 nitrogen and oxygen atoms in total. The second kappa shape index (κ2) is 8.96. The van der Waals surface area contributed by atoms with Crippen LogP contribution in [-0.2, 0) is 19.3 Å². The Morgan fingerprint density at radius 1 is 1.29 bits per heavy atom. The van der Waals surface area contributed by atoms with E-state index < -0.39 is 6.10 Å². The van der Waals surface area contributed by atoms with Gasteiger partial charge in [0, 0.05) is 61.0 Å². The molecule has 1 atom stereocenters. The molecular formula is C28H33N5O2. The van der Waals surface area contributed by atoms with Gasteiger partial charge in [-0.2, -0.15) is 0 Å². The van der Waals surface area contributed by atoms with Crippen LogP contribution >= 0.6 is 0 Å². The molecule has 182 valence electrons. The van der Waals surface area contributed by atoms with Crippen molar-refractivity contribution in [3.8, 4) is 0 Å². The monoisotopic (exact) mass is 471 g/mol. The highest BCUT2D eigenvalue weighted by molar-refractivity contribution is 6.22. The maximum absolute atomic E-state index is 13.5. The third kappa shape index (κ3) is 3.93. The third-order valence-electron chi connectivity index (χ3n) is 7.90. The molecule has 2 aliphatic rings. The first-order valence-corrected chi connectivity index (χ1v) is 12.3. The Kier molecular flexibility index (Phi) is 5.97. The van der Waals surface area contributed by atoms with E-state index in [9.17, 15) is 9.90 Å². The molecule has 1 fully saturated rings. The van der Waals surface area contributed by atoms with Crippen LogP contribution in [0.15, 0.2) is 53.9 Å². The number of piperidine rings is 1. The van der Waals surface area contributed by atoms with Gasteiger partial charge in [0.05, 0.1) is 6.10 Å². The predicted molar refractivity (Wildman–Crippen MR) is 139 cm³/mol. The Bertz CT molecular complexity index is 1330. The topological polar surface area (TPSA) is 96.2 Å². The number of aliphatic imine (C=N–C) groups is 1. The van der Waals surface area contributed by atoms with E-state index in [-0.39, 0.29) is 11.3 Å². The summed E-state index contributed by atoms with van der Waals surface area (Å²) in [5, 5.41) is 11.2. The lowest BCUT2D eigenvalue weighted by Crippen LogP contribution is -2.53. The highest BCUT2D eigenvalue weighted by Crippen LogP contribution is 2.44. The van der Waals surface area contributed by atoms with Crippen LogP contribution in [0.2, 0.25) is 0 Å². The summed E-state index contributed by atoms with van der Waals surface area (Å²) in [5.41, 5.74) is 13.2. The zero-order chi connectivity index (χ0) is 24.7. The molecule has 35 heavy (non-hydrogen) atoms. The summed E-state index contributed by atoms with van der Waals surface area (Å²) >= 11 is 0. The number of pyridine rings is 1. The summed E-state index contributed by atoms with van der Waals surface area (Å²) in [6, 6.07) is 10.5. The fraction of sp³-hybridized carbons (Fsp3) is 0.393. The Labute approximate surface area is 206 Å². The highest BCUT2D eigenvalue weighted by atomic mass is 16.3. The molecule has 0 bridgehead atoms. The SMILES string of the molecule is CCc1cc(/C(=C/N)C(C)=NC)cn2cc(C(=O)N3CCC4(Cc5ccccc5C4)C(O)C3)nc12.